The number of nitrogens with one attached hydrogen (secondary N) is 2. The number of methoxy groups -OCH3 is 2. The van der Waals surface area contributed by atoms with Gasteiger partial charge in [0.25, 0.3) is 0 Å². The van der Waals surface area contributed by atoms with E-state index in [1.54, 1.807) is 14.2 Å². The van der Waals surface area contributed by atoms with E-state index in [1.807, 2.05) is 31.2 Å². The predicted molar refractivity (Wildman–Crippen MR) is 75.9 cm³/mol. The highest BCUT2D eigenvalue weighted by Crippen LogP contribution is 2.17. The highest BCUT2D eigenvalue weighted by molar-refractivity contribution is 5.79. The van der Waals surface area contributed by atoms with E-state index in [1.165, 1.54) is 0 Å². The number of nitrogens with two attached hydrogens (primary N) is 1. The maximum atomic E-state index is 5.44. The molecule has 0 bridgehead atoms. The fourth-order valence-corrected chi connectivity index (χ4v) is 1.66. The van der Waals surface area contributed by atoms with Crippen LogP contribution in [0.15, 0.2) is 29.3 Å². The van der Waals surface area contributed by atoms with Crippen molar-refractivity contribution in [1.82, 2.24) is 10.7 Å². The van der Waals surface area contributed by atoms with E-state index in [-0.39, 0.29) is 6.04 Å². The second kappa shape index (κ2) is 8.34. The number of benzene rings is 1. The minimum Gasteiger partial charge on any atom is -0.496 e. The molecule has 0 saturated heterocycles. The number of hydrogen-bond donors (Lipinski definition) is 3. The van der Waals surface area contributed by atoms with Crippen LogP contribution in [-0.4, -0.2) is 32.8 Å². The Morgan fingerprint density at radius 1 is 1.37 bits per heavy atom. The summed E-state index contributed by atoms with van der Waals surface area (Å²) < 4.78 is 10.3. The molecule has 0 aliphatic carbocycles. The number of ether oxygens (including phenoxy) is 2. The Kier molecular flexibility index (Phi) is 6.70. The van der Waals surface area contributed by atoms with Crippen molar-refractivity contribution in [1.29, 1.82) is 0 Å². The number of hydrazine groups is 1. The van der Waals surface area contributed by atoms with Crippen LogP contribution in [0, 0.1) is 0 Å². The Morgan fingerprint density at radius 3 is 2.74 bits per heavy atom. The molecule has 1 unspecified atom stereocenters. The highest BCUT2D eigenvalue weighted by atomic mass is 16.5. The summed E-state index contributed by atoms with van der Waals surface area (Å²) in [5.41, 5.74) is 3.54. The lowest BCUT2D eigenvalue weighted by molar-refractivity contribution is 0.179. The minimum absolute atomic E-state index is 0.123. The van der Waals surface area contributed by atoms with E-state index in [0.29, 0.717) is 19.1 Å². The quantitative estimate of drug-likeness (QED) is 0.305. The Balaban J connectivity index is 2.66. The fraction of sp³-hybridized carbons (Fsp3) is 0.462. The van der Waals surface area contributed by atoms with Crippen LogP contribution in [0.25, 0.3) is 0 Å². The average molecular weight is 266 g/mol. The molecule has 1 rings (SSSR count). The Bertz CT molecular complexity index is 409. The van der Waals surface area contributed by atoms with Gasteiger partial charge in [-0.3, -0.25) is 5.43 Å². The van der Waals surface area contributed by atoms with Gasteiger partial charge in [-0.05, 0) is 13.0 Å². The maximum Gasteiger partial charge on any atom is 0.206 e. The molecule has 6 heteroatoms. The van der Waals surface area contributed by atoms with Crippen molar-refractivity contribution in [3.05, 3.63) is 29.8 Å². The minimum atomic E-state index is 0.123. The van der Waals surface area contributed by atoms with Crippen molar-refractivity contribution < 1.29 is 9.47 Å². The summed E-state index contributed by atoms with van der Waals surface area (Å²) in [5, 5.41) is 3.12. The van der Waals surface area contributed by atoms with Gasteiger partial charge in [-0.1, -0.05) is 18.2 Å². The molecular weight excluding hydrogens is 244 g/mol. The number of hydrogen-bond acceptors (Lipinski definition) is 4. The second-order valence-electron chi connectivity index (χ2n) is 4.12. The van der Waals surface area contributed by atoms with Gasteiger partial charge in [-0.2, -0.15) is 0 Å². The Morgan fingerprint density at radius 2 is 2.11 bits per heavy atom. The molecule has 0 radical (unpaired) electrons. The summed E-state index contributed by atoms with van der Waals surface area (Å²) in [6.07, 6.45) is 0. The van der Waals surface area contributed by atoms with Crippen molar-refractivity contribution in [2.24, 2.45) is 10.8 Å². The zero-order valence-electron chi connectivity index (χ0n) is 11.6. The van der Waals surface area contributed by atoms with Gasteiger partial charge in [-0.15, -0.1) is 0 Å². The summed E-state index contributed by atoms with van der Waals surface area (Å²) >= 11 is 0. The molecule has 0 amide bonds. The van der Waals surface area contributed by atoms with Gasteiger partial charge in [0.05, 0.1) is 20.3 Å². The molecule has 0 spiro atoms. The summed E-state index contributed by atoms with van der Waals surface area (Å²) in [4.78, 5) is 4.38. The molecule has 106 valence electrons. The maximum absolute atomic E-state index is 5.44. The van der Waals surface area contributed by atoms with E-state index < -0.39 is 0 Å². The average Bonchev–Trinajstić information content (AvgIpc) is 2.44. The molecule has 0 fully saturated rings. The summed E-state index contributed by atoms with van der Waals surface area (Å²) in [7, 11) is 3.29. The van der Waals surface area contributed by atoms with Gasteiger partial charge >= 0.3 is 0 Å². The highest BCUT2D eigenvalue weighted by Gasteiger charge is 2.05. The molecule has 0 aliphatic rings. The molecule has 0 aliphatic heterocycles. The molecule has 0 aromatic heterocycles. The molecule has 19 heavy (non-hydrogen) atoms. The number of guanidine groups is 1. The third kappa shape index (κ3) is 5.15. The van der Waals surface area contributed by atoms with Crippen LogP contribution >= 0.6 is 0 Å². The molecule has 1 aromatic rings. The first-order chi connectivity index (χ1) is 9.21. The fourth-order valence-electron chi connectivity index (χ4n) is 1.66. The van der Waals surface area contributed by atoms with Gasteiger partial charge < -0.3 is 14.8 Å². The first-order valence-corrected chi connectivity index (χ1v) is 6.09. The van der Waals surface area contributed by atoms with E-state index in [2.05, 4.69) is 15.7 Å². The van der Waals surface area contributed by atoms with Crippen LogP contribution in [0.2, 0.25) is 0 Å². The van der Waals surface area contributed by atoms with Gasteiger partial charge in [0, 0.05) is 18.7 Å². The van der Waals surface area contributed by atoms with E-state index in [0.717, 1.165) is 11.3 Å². The molecule has 1 atom stereocenters. The third-order valence-corrected chi connectivity index (χ3v) is 2.54. The van der Waals surface area contributed by atoms with Gasteiger partial charge in [-0.25, -0.2) is 10.8 Å². The van der Waals surface area contributed by atoms with E-state index in [4.69, 9.17) is 15.3 Å². The largest absolute Gasteiger partial charge is 0.496 e. The summed E-state index contributed by atoms with van der Waals surface area (Å²) in [6, 6.07) is 7.87. The van der Waals surface area contributed by atoms with Crippen LogP contribution in [0.5, 0.6) is 5.75 Å². The first-order valence-electron chi connectivity index (χ1n) is 6.09. The van der Waals surface area contributed by atoms with Crippen LogP contribution in [-0.2, 0) is 11.3 Å². The molecule has 6 nitrogen and oxygen atoms in total. The third-order valence-electron chi connectivity index (χ3n) is 2.54. The summed E-state index contributed by atoms with van der Waals surface area (Å²) in [6.45, 7) is 3.05. The van der Waals surface area contributed by atoms with Crippen molar-refractivity contribution >= 4 is 5.96 Å². The second-order valence-corrected chi connectivity index (χ2v) is 4.12. The first kappa shape index (κ1) is 15.3. The van der Waals surface area contributed by atoms with E-state index >= 15 is 0 Å². The van der Waals surface area contributed by atoms with E-state index in [9.17, 15) is 0 Å². The smallest absolute Gasteiger partial charge is 0.206 e. The van der Waals surface area contributed by atoms with Gasteiger partial charge in [0.1, 0.15) is 5.75 Å². The monoisotopic (exact) mass is 266 g/mol. The number of para-hydroxylation sites is 1. The lowest BCUT2D eigenvalue weighted by atomic mass is 10.2. The molecule has 1 aromatic carbocycles. The Hall–Kier alpha value is -1.79. The van der Waals surface area contributed by atoms with Crippen LogP contribution in [0.3, 0.4) is 0 Å². The lowest BCUT2D eigenvalue weighted by Gasteiger charge is -2.15. The molecular formula is C13H22N4O2. The van der Waals surface area contributed by atoms with Crippen molar-refractivity contribution in [2.45, 2.75) is 19.5 Å². The van der Waals surface area contributed by atoms with Crippen LogP contribution in [0.1, 0.15) is 12.5 Å². The van der Waals surface area contributed by atoms with Crippen molar-refractivity contribution in [3.63, 3.8) is 0 Å². The van der Waals surface area contributed by atoms with Gasteiger partial charge in [0.2, 0.25) is 5.96 Å². The van der Waals surface area contributed by atoms with Gasteiger partial charge in [0.15, 0.2) is 0 Å². The zero-order valence-corrected chi connectivity index (χ0v) is 11.6. The standard InChI is InChI=1S/C13H22N4O2/c1-10(9-18-2)16-13(17-14)15-8-11-6-4-5-7-12(11)19-3/h4-7,10H,8-9,14H2,1-3H3,(H2,15,16,17). The van der Waals surface area contributed by atoms with Crippen LogP contribution in [0.4, 0.5) is 0 Å². The number of rotatable bonds is 6. The normalized spacial score (nSPS) is 12.9. The number of aliphatic imine (C=N–C) groups is 1. The van der Waals surface area contributed by atoms with Crippen molar-refractivity contribution in [3.8, 4) is 5.75 Å². The Labute approximate surface area is 114 Å². The molecule has 0 heterocycles. The predicted octanol–water partition coefficient (Wildman–Crippen LogP) is 0.639. The van der Waals surface area contributed by atoms with Crippen LogP contribution < -0.4 is 21.3 Å². The topological polar surface area (TPSA) is 80.9 Å². The lowest BCUT2D eigenvalue weighted by Crippen LogP contribution is -2.46. The summed E-state index contributed by atoms with van der Waals surface area (Å²) in [5.74, 6) is 6.77. The zero-order chi connectivity index (χ0) is 14.1. The SMILES string of the molecule is COCC(C)NC(=NCc1ccccc1OC)NN. The molecule has 4 N–H and O–H groups in total. The number of nitrogens with zero attached hydrogens (tertiary/aromatic N) is 1. The van der Waals surface area contributed by atoms with Crippen molar-refractivity contribution in [2.75, 3.05) is 20.8 Å². The molecule has 0 saturated carbocycles.